The van der Waals surface area contributed by atoms with Gasteiger partial charge in [-0.2, -0.15) is 13.2 Å². The van der Waals surface area contributed by atoms with Crippen molar-refractivity contribution in [2.75, 3.05) is 19.3 Å². The number of rotatable bonds is 4. The largest absolute Gasteiger partial charge is 0.417 e. The molecule has 2 nitrogen and oxygen atoms in total. The Morgan fingerprint density at radius 2 is 2.06 bits per heavy atom. The van der Waals surface area contributed by atoms with Crippen molar-refractivity contribution in [3.05, 3.63) is 35.4 Å². The van der Waals surface area contributed by atoms with Gasteiger partial charge in [-0.05, 0) is 37.7 Å². The molecule has 0 heterocycles. The van der Waals surface area contributed by atoms with Crippen molar-refractivity contribution in [3.63, 3.8) is 0 Å². The van der Waals surface area contributed by atoms with E-state index in [0.29, 0.717) is 6.42 Å². The fourth-order valence-electron chi connectivity index (χ4n) is 1.40. The van der Waals surface area contributed by atoms with Crippen LogP contribution in [0.3, 0.4) is 0 Å². The number of alkyl halides is 3. The molecule has 0 radical (unpaired) electrons. The molecule has 1 aromatic rings. The third-order valence-corrected chi connectivity index (χ3v) is 2.24. The number of nitrogens with one attached hydrogen (secondary N) is 1. The van der Waals surface area contributed by atoms with E-state index in [-0.39, 0.29) is 11.3 Å². The molecule has 0 aliphatic carbocycles. The minimum atomic E-state index is -4.38. The Kier molecular flexibility index (Phi) is 4.57. The second-order valence-electron chi connectivity index (χ2n) is 3.64. The number of anilines is 1. The van der Waals surface area contributed by atoms with Crippen LogP contribution in [-0.4, -0.2) is 13.6 Å². The maximum absolute atomic E-state index is 12.7. The predicted molar refractivity (Wildman–Crippen MR) is 63.4 cm³/mol. The van der Waals surface area contributed by atoms with Crippen LogP contribution in [0.2, 0.25) is 0 Å². The predicted octanol–water partition coefficient (Wildman–Crippen LogP) is 2.91. The molecule has 0 spiro atoms. The van der Waals surface area contributed by atoms with Crippen molar-refractivity contribution in [2.45, 2.75) is 12.6 Å². The van der Waals surface area contributed by atoms with E-state index in [1.165, 1.54) is 18.2 Å². The summed E-state index contributed by atoms with van der Waals surface area (Å²) in [5, 5.41) is 2.91. The Hall–Kier alpha value is -1.49. The number of halogens is 3. The first-order valence-electron chi connectivity index (χ1n) is 5.23. The van der Waals surface area contributed by atoms with Gasteiger partial charge in [-0.3, -0.25) is 0 Å². The SMILES string of the molecule is CNCCC=Cc1ccc(N)cc1C(F)(F)F. The van der Waals surface area contributed by atoms with Gasteiger partial charge in [0, 0.05) is 5.69 Å². The van der Waals surface area contributed by atoms with Gasteiger partial charge < -0.3 is 11.1 Å². The average molecular weight is 244 g/mol. The molecule has 0 aliphatic rings. The van der Waals surface area contributed by atoms with Crippen LogP contribution in [0, 0.1) is 0 Å². The summed E-state index contributed by atoms with van der Waals surface area (Å²) in [5.41, 5.74) is 4.93. The number of nitrogen functional groups attached to an aromatic ring is 1. The molecular formula is C12H15F3N2. The maximum atomic E-state index is 12.7. The molecule has 0 saturated carbocycles. The smallest absolute Gasteiger partial charge is 0.399 e. The number of nitrogens with two attached hydrogens (primary N) is 1. The first-order chi connectivity index (χ1) is 7.95. The zero-order valence-electron chi connectivity index (χ0n) is 9.51. The Labute approximate surface area is 98.3 Å². The lowest BCUT2D eigenvalue weighted by Crippen LogP contribution is -2.08. The molecule has 0 atom stereocenters. The molecule has 0 bridgehead atoms. The number of hydrogen-bond acceptors (Lipinski definition) is 2. The molecule has 5 heteroatoms. The third-order valence-electron chi connectivity index (χ3n) is 2.24. The van der Waals surface area contributed by atoms with E-state index in [1.54, 1.807) is 13.1 Å². The van der Waals surface area contributed by atoms with Gasteiger partial charge >= 0.3 is 6.18 Å². The van der Waals surface area contributed by atoms with Crippen molar-refractivity contribution >= 4 is 11.8 Å². The molecule has 0 amide bonds. The van der Waals surface area contributed by atoms with Crippen molar-refractivity contribution in [1.29, 1.82) is 0 Å². The van der Waals surface area contributed by atoms with E-state index < -0.39 is 11.7 Å². The van der Waals surface area contributed by atoms with Crippen LogP contribution in [-0.2, 0) is 6.18 Å². The van der Waals surface area contributed by atoms with Gasteiger partial charge in [0.25, 0.3) is 0 Å². The molecule has 94 valence electrons. The highest BCUT2D eigenvalue weighted by molar-refractivity contribution is 5.59. The van der Waals surface area contributed by atoms with Crippen LogP contribution >= 0.6 is 0 Å². The molecule has 0 aliphatic heterocycles. The molecule has 0 saturated heterocycles. The van der Waals surface area contributed by atoms with Gasteiger partial charge in [0.05, 0.1) is 5.56 Å². The highest BCUT2D eigenvalue weighted by Gasteiger charge is 2.32. The molecular weight excluding hydrogens is 229 g/mol. The Balaban J connectivity index is 2.95. The zero-order chi connectivity index (χ0) is 12.9. The summed E-state index contributed by atoms with van der Waals surface area (Å²) in [7, 11) is 1.79. The van der Waals surface area contributed by atoms with Crippen LogP contribution in [0.5, 0.6) is 0 Å². The quantitative estimate of drug-likeness (QED) is 0.631. The van der Waals surface area contributed by atoms with E-state index in [1.807, 2.05) is 0 Å². The Morgan fingerprint density at radius 1 is 1.35 bits per heavy atom. The van der Waals surface area contributed by atoms with Crippen LogP contribution in [0.25, 0.3) is 6.08 Å². The van der Waals surface area contributed by atoms with Crippen molar-refractivity contribution in [2.24, 2.45) is 0 Å². The van der Waals surface area contributed by atoms with Gasteiger partial charge in [0.1, 0.15) is 0 Å². The minimum absolute atomic E-state index is 0.115. The normalized spacial score (nSPS) is 12.2. The standard InChI is InChI=1S/C12H15F3N2/c1-17-7-3-2-4-9-5-6-10(16)8-11(9)12(13,14)15/h2,4-6,8,17H,3,7,16H2,1H3. The second-order valence-corrected chi connectivity index (χ2v) is 3.64. The van der Waals surface area contributed by atoms with E-state index in [4.69, 9.17) is 5.73 Å². The molecule has 17 heavy (non-hydrogen) atoms. The van der Waals surface area contributed by atoms with Crippen LogP contribution < -0.4 is 11.1 Å². The lowest BCUT2D eigenvalue weighted by molar-refractivity contribution is -0.137. The summed E-state index contributed by atoms with van der Waals surface area (Å²) < 4.78 is 38.1. The summed E-state index contributed by atoms with van der Waals surface area (Å²) in [4.78, 5) is 0. The van der Waals surface area contributed by atoms with Crippen molar-refractivity contribution in [1.82, 2.24) is 5.32 Å². The van der Waals surface area contributed by atoms with Gasteiger partial charge in [0.15, 0.2) is 0 Å². The van der Waals surface area contributed by atoms with Gasteiger partial charge in [-0.1, -0.05) is 18.2 Å². The maximum Gasteiger partial charge on any atom is 0.417 e. The van der Waals surface area contributed by atoms with Crippen LogP contribution in [0.1, 0.15) is 17.5 Å². The molecule has 1 aromatic carbocycles. The first-order valence-corrected chi connectivity index (χ1v) is 5.23. The summed E-state index contributed by atoms with van der Waals surface area (Å²) in [6.45, 7) is 0.729. The van der Waals surface area contributed by atoms with E-state index in [0.717, 1.165) is 12.6 Å². The first kappa shape index (κ1) is 13.6. The summed E-state index contributed by atoms with van der Waals surface area (Å²) in [5.74, 6) is 0. The van der Waals surface area contributed by atoms with Crippen molar-refractivity contribution < 1.29 is 13.2 Å². The monoisotopic (exact) mass is 244 g/mol. The second kappa shape index (κ2) is 5.72. The summed E-state index contributed by atoms with van der Waals surface area (Å²) in [6.07, 6.45) is -0.521. The number of benzene rings is 1. The molecule has 1 rings (SSSR count). The molecule has 0 unspecified atom stereocenters. The Bertz CT molecular complexity index is 397. The number of hydrogen-bond donors (Lipinski definition) is 2. The fourth-order valence-corrected chi connectivity index (χ4v) is 1.40. The van der Waals surface area contributed by atoms with Crippen molar-refractivity contribution in [3.8, 4) is 0 Å². The fraction of sp³-hybridized carbons (Fsp3) is 0.333. The van der Waals surface area contributed by atoms with Crippen LogP contribution in [0.15, 0.2) is 24.3 Å². The van der Waals surface area contributed by atoms with E-state index >= 15 is 0 Å². The summed E-state index contributed by atoms with van der Waals surface area (Å²) >= 11 is 0. The highest BCUT2D eigenvalue weighted by atomic mass is 19.4. The van der Waals surface area contributed by atoms with Gasteiger partial charge in [-0.15, -0.1) is 0 Å². The molecule has 0 fully saturated rings. The van der Waals surface area contributed by atoms with Gasteiger partial charge in [0.2, 0.25) is 0 Å². The van der Waals surface area contributed by atoms with E-state index in [9.17, 15) is 13.2 Å². The highest BCUT2D eigenvalue weighted by Crippen LogP contribution is 2.33. The van der Waals surface area contributed by atoms with Gasteiger partial charge in [-0.25, -0.2) is 0 Å². The average Bonchev–Trinajstić information content (AvgIpc) is 2.25. The molecule has 0 aromatic heterocycles. The van der Waals surface area contributed by atoms with Crippen LogP contribution in [0.4, 0.5) is 18.9 Å². The Morgan fingerprint density at radius 3 is 2.65 bits per heavy atom. The zero-order valence-corrected chi connectivity index (χ0v) is 9.51. The lowest BCUT2D eigenvalue weighted by atomic mass is 10.1. The molecule has 3 N–H and O–H groups in total. The van der Waals surface area contributed by atoms with E-state index in [2.05, 4.69) is 5.32 Å². The third kappa shape index (κ3) is 4.11. The lowest BCUT2D eigenvalue weighted by Gasteiger charge is -2.11. The summed E-state index contributed by atoms with van der Waals surface area (Å²) in [6, 6.07) is 3.80. The topological polar surface area (TPSA) is 38.0 Å². The minimum Gasteiger partial charge on any atom is -0.399 e.